The van der Waals surface area contributed by atoms with Crippen molar-refractivity contribution in [3.8, 4) is 0 Å². The Morgan fingerprint density at radius 2 is 2.80 bits per heavy atom. The summed E-state index contributed by atoms with van der Waals surface area (Å²) < 4.78 is 0. The van der Waals surface area contributed by atoms with Crippen LogP contribution in [0, 0.1) is 0 Å². The van der Waals surface area contributed by atoms with Crippen molar-refractivity contribution in [2.45, 2.75) is 5.32 Å². The van der Waals surface area contributed by atoms with Gasteiger partial charge in [-0.3, -0.25) is 0 Å². The first-order valence-electron chi connectivity index (χ1n) is 1.78. The zero-order valence-electron chi connectivity index (χ0n) is 3.03. The van der Waals surface area contributed by atoms with Gasteiger partial charge in [-0.2, -0.15) is 0 Å². The van der Waals surface area contributed by atoms with Gasteiger partial charge < -0.3 is 0 Å². The van der Waals surface area contributed by atoms with E-state index in [0.717, 1.165) is 14.3 Å². The normalized spacial score (nSPS) is 28.8. The summed E-state index contributed by atoms with van der Waals surface area (Å²) in [6.07, 6.45) is 0. The molecule has 0 bridgehead atoms. The van der Waals surface area contributed by atoms with Crippen LogP contribution in [-0.4, -0.2) is 29.1 Å². The van der Waals surface area contributed by atoms with Gasteiger partial charge in [0.1, 0.15) is 0 Å². The van der Waals surface area contributed by atoms with Crippen LogP contribution in [0.15, 0.2) is 0 Å². The summed E-state index contributed by atoms with van der Waals surface area (Å²) in [5.74, 6) is 0. The molecule has 1 N–H and O–H groups in total. The fourth-order valence-corrected chi connectivity index (χ4v) is 5.62. The summed E-state index contributed by atoms with van der Waals surface area (Å²) >= 11 is 1.10. The van der Waals surface area contributed by atoms with E-state index in [4.69, 9.17) is 0 Å². The molecule has 3 heteroatoms. The molecule has 0 atom stereocenters. The third-order valence-electron chi connectivity index (χ3n) is 0.627. The van der Waals surface area contributed by atoms with Gasteiger partial charge in [-0.1, -0.05) is 0 Å². The average Bonchev–Trinajstić information content (AvgIpc) is 1.76. The van der Waals surface area contributed by atoms with E-state index in [1.807, 2.05) is 0 Å². The summed E-state index contributed by atoms with van der Waals surface area (Å²) in [6.45, 7) is 1.34. The van der Waals surface area contributed by atoms with E-state index in [9.17, 15) is 0 Å². The van der Waals surface area contributed by atoms with E-state index in [1.54, 1.807) is 0 Å². The zero-order chi connectivity index (χ0) is 3.54. The molecule has 30 valence electrons. The Bertz CT molecular complexity index is 21.2. The minimum atomic E-state index is 0.356. The predicted octanol–water partition coefficient (Wildman–Crippen LogP) is -1.29. The summed E-state index contributed by atoms with van der Waals surface area (Å²) in [5, 5.41) is 1.51. The molecular weight excluding hydrogens is 145 g/mol. The number of rotatable bonds is 0. The number of hydrogen-bond acceptors (Lipinski definition) is 1. The maximum absolute atomic E-state index is 3.39. The second-order valence-corrected chi connectivity index (χ2v) is 7.49. The van der Waals surface area contributed by atoms with Crippen molar-refractivity contribution >= 4 is 22.6 Å². The molecule has 0 aromatic heterocycles. The minimum absolute atomic E-state index is 0.356. The number of nitrogens with one attached hydrogen (secondary N) is 1. The maximum atomic E-state index is 3.39. The first kappa shape index (κ1) is 3.87. The van der Waals surface area contributed by atoms with Gasteiger partial charge in [-0.15, -0.1) is 0 Å². The third-order valence-corrected chi connectivity index (χ3v) is 6.49. The molecule has 5 heavy (non-hydrogen) atoms. The summed E-state index contributed by atoms with van der Waals surface area (Å²) in [5.41, 5.74) is 0. The van der Waals surface area contributed by atoms with E-state index in [1.165, 1.54) is 11.9 Å². The molecule has 0 aliphatic carbocycles. The zero-order valence-corrected chi connectivity index (χ0v) is 6.16. The monoisotopic (exact) mass is 153 g/mol. The van der Waals surface area contributed by atoms with E-state index in [2.05, 4.69) is 4.98 Å². The van der Waals surface area contributed by atoms with Gasteiger partial charge in [0.05, 0.1) is 0 Å². The van der Waals surface area contributed by atoms with Crippen molar-refractivity contribution in [2.24, 2.45) is 0 Å². The molecule has 1 heterocycles. The molecule has 1 aliphatic rings. The Morgan fingerprint density at radius 1 is 1.80 bits per heavy atom. The fraction of sp³-hybridized carbons (Fsp3) is 1.00. The van der Waals surface area contributed by atoms with E-state index in [-0.39, 0.29) is 0 Å². The SMILES string of the molecule is C1C[Se][SiH2]N1. The molecule has 0 radical (unpaired) electrons. The van der Waals surface area contributed by atoms with Crippen LogP contribution in [0.25, 0.3) is 0 Å². The second-order valence-electron chi connectivity index (χ2n) is 1.05. The second kappa shape index (κ2) is 1.98. The fourth-order valence-electron chi connectivity index (χ4n) is 0.361. The first-order chi connectivity index (χ1) is 2.50. The quantitative estimate of drug-likeness (QED) is 0.426. The van der Waals surface area contributed by atoms with Gasteiger partial charge in [0, 0.05) is 0 Å². The van der Waals surface area contributed by atoms with Crippen LogP contribution in [-0.2, 0) is 0 Å². The van der Waals surface area contributed by atoms with Crippen molar-refractivity contribution in [3.05, 3.63) is 0 Å². The average molecular weight is 152 g/mol. The number of hydrogen-bond donors (Lipinski definition) is 1. The van der Waals surface area contributed by atoms with E-state index < -0.39 is 0 Å². The van der Waals surface area contributed by atoms with E-state index in [0.29, 0.717) is 8.29 Å². The Morgan fingerprint density at radius 3 is 3.00 bits per heavy atom. The van der Waals surface area contributed by atoms with Crippen LogP contribution in [0.3, 0.4) is 0 Å². The summed E-state index contributed by atoms with van der Waals surface area (Å²) in [6, 6.07) is 0. The van der Waals surface area contributed by atoms with Crippen molar-refractivity contribution in [1.29, 1.82) is 0 Å². The van der Waals surface area contributed by atoms with Crippen molar-refractivity contribution in [2.75, 3.05) is 6.54 Å². The third kappa shape index (κ3) is 1.05. The van der Waals surface area contributed by atoms with Gasteiger partial charge in [-0.05, 0) is 0 Å². The van der Waals surface area contributed by atoms with Crippen LogP contribution in [0.2, 0.25) is 5.32 Å². The van der Waals surface area contributed by atoms with Gasteiger partial charge >= 0.3 is 39.5 Å². The Hall–Kier alpha value is 0.696. The summed E-state index contributed by atoms with van der Waals surface area (Å²) in [4.78, 5) is 3.39. The van der Waals surface area contributed by atoms with Crippen LogP contribution in [0.1, 0.15) is 0 Å². The van der Waals surface area contributed by atoms with Gasteiger partial charge in [0.15, 0.2) is 0 Å². The summed E-state index contributed by atoms with van der Waals surface area (Å²) in [7, 11) is 0.356. The molecule has 1 aliphatic heterocycles. The molecule has 0 spiro atoms. The van der Waals surface area contributed by atoms with Gasteiger partial charge in [-0.25, -0.2) is 0 Å². The molecule has 0 aromatic rings. The molecule has 0 aromatic carbocycles. The van der Waals surface area contributed by atoms with E-state index >= 15 is 0 Å². The molecule has 0 saturated carbocycles. The first-order valence-corrected chi connectivity index (χ1v) is 7.91. The van der Waals surface area contributed by atoms with Gasteiger partial charge in [0.2, 0.25) is 0 Å². The van der Waals surface area contributed by atoms with Crippen molar-refractivity contribution in [3.63, 3.8) is 0 Å². The predicted molar refractivity (Wildman–Crippen MR) is 27.1 cm³/mol. The molecule has 0 amide bonds. The molecule has 1 saturated heterocycles. The Balaban J connectivity index is 2.08. The van der Waals surface area contributed by atoms with Crippen molar-refractivity contribution < 1.29 is 0 Å². The van der Waals surface area contributed by atoms with Crippen LogP contribution < -0.4 is 4.98 Å². The van der Waals surface area contributed by atoms with Crippen LogP contribution >= 0.6 is 0 Å². The molecule has 1 rings (SSSR count). The molecule has 1 fully saturated rings. The van der Waals surface area contributed by atoms with Crippen molar-refractivity contribution in [1.82, 2.24) is 4.98 Å². The van der Waals surface area contributed by atoms with Crippen LogP contribution in [0.5, 0.6) is 0 Å². The topological polar surface area (TPSA) is 12.0 Å². The Labute approximate surface area is 40.0 Å². The molecule has 1 nitrogen and oxygen atoms in total. The van der Waals surface area contributed by atoms with Crippen LogP contribution in [0.4, 0.5) is 0 Å². The standard InChI is InChI=1S/C2H7NSeSi/c1-2-4-5-3-1/h3H,1-2,5H2. The van der Waals surface area contributed by atoms with Gasteiger partial charge in [0.25, 0.3) is 0 Å². The molecular formula is C2H7NSeSi. The molecule has 0 unspecified atom stereocenters. The Kier molecular flexibility index (Phi) is 1.53.